The van der Waals surface area contributed by atoms with Crippen LogP contribution in [0.25, 0.3) is 10.8 Å². The molecule has 0 saturated heterocycles. The van der Waals surface area contributed by atoms with Crippen LogP contribution in [0.4, 0.5) is 0 Å². The number of ether oxygens (including phenoxy) is 1. The van der Waals surface area contributed by atoms with Crippen LogP contribution in [-0.2, 0) is 4.79 Å². The SMILES string of the molecule is CN(C=O)C(N)=N[C@](C)(COc1cnc(Cl)c2ccccc12)CC1CCCCC1. The average molecular weight is 417 g/mol. The summed E-state index contributed by atoms with van der Waals surface area (Å²) in [7, 11) is 1.60. The van der Waals surface area contributed by atoms with Crippen molar-refractivity contribution in [2.24, 2.45) is 16.6 Å². The fourth-order valence-electron chi connectivity index (χ4n) is 4.04. The Bertz CT molecular complexity index is 882. The Morgan fingerprint density at radius 1 is 1.34 bits per heavy atom. The lowest BCUT2D eigenvalue weighted by molar-refractivity contribution is -0.114. The molecule has 7 heteroatoms. The van der Waals surface area contributed by atoms with Crippen molar-refractivity contribution in [1.82, 2.24) is 9.88 Å². The summed E-state index contributed by atoms with van der Waals surface area (Å²) in [6.45, 7) is 2.38. The minimum atomic E-state index is -0.551. The summed E-state index contributed by atoms with van der Waals surface area (Å²) in [6, 6.07) is 7.76. The van der Waals surface area contributed by atoms with Gasteiger partial charge in [-0.1, -0.05) is 68.0 Å². The minimum absolute atomic E-state index is 0.195. The van der Waals surface area contributed by atoms with Crippen LogP contribution >= 0.6 is 11.6 Å². The largest absolute Gasteiger partial charge is 0.489 e. The smallest absolute Gasteiger partial charge is 0.216 e. The maximum atomic E-state index is 11.1. The first-order valence-electron chi connectivity index (χ1n) is 10.1. The molecule has 156 valence electrons. The summed E-state index contributed by atoms with van der Waals surface area (Å²) in [5.74, 6) is 1.44. The van der Waals surface area contributed by atoms with Crippen LogP contribution in [0.5, 0.6) is 5.75 Å². The molecule has 1 heterocycles. The van der Waals surface area contributed by atoms with Gasteiger partial charge in [0.1, 0.15) is 17.5 Å². The predicted octanol–water partition coefficient (Wildman–Crippen LogP) is 4.40. The highest BCUT2D eigenvalue weighted by molar-refractivity contribution is 6.34. The Balaban J connectivity index is 1.85. The molecule has 1 aromatic heterocycles. The number of aromatic nitrogens is 1. The van der Waals surface area contributed by atoms with E-state index in [9.17, 15) is 4.79 Å². The molecule has 6 nitrogen and oxygen atoms in total. The number of aliphatic imine (C=N–C) groups is 1. The molecular formula is C22H29ClN4O2. The van der Waals surface area contributed by atoms with Crippen LogP contribution in [0.15, 0.2) is 35.5 Å². The monoisotopic (exact) mass is 416 g/mol. The molecule has 3 rings (SSSR count). The summed E-state index contributed by atoms with van der Waals surface area (Å²) in [5, 5.41) is 2.21. The summed E-state index contributed by atoms with van der Waals surface area (Å²) in [4.78, 5) is 21.3. The third kappa shape index (κ3) is 5.38. The first kappa shape index (κ1) is 21.4. The molecule has 0 bridgehead atoms. The highest BCUT2D eigenvalue weighted by Gasteiger charge is 2.31. The van der Waals surface area contributed by atoms with E-state index >= 15 is 0 Å². The van der Waals surface area contributed by atoms with Crippen LogP contribution in [0.2, 0.25) is 5.15 Å². The van der Waals surface area contributed by atoms with Crippen molar-refractivity contribution < 1.29 is 9.53 Å². The van der Waals surface area contributed by atoms with Crippen LogP contribution in [0.3, 0.4) is 0 Å². The molecule has 1 fully saturated rings. The molecule has 0 radical (unpaired) electrons. The number of nitrogens with two attached hydrogens (primary N) is 1. The fraction of sp³-hybridized carbons (Fsp3) is 0.500. The Morgan fingerprint density at radius 3 is 2.72 bits per heavy atom. The van der Waals surface area contributed by atoms with Gasteiger partial charge in [0.15, 0.2) is 5.96 Å². The summed E-state index contributed by atoms with van der Waals surface area (Å²) in [6.07, 6.45) is 9.36. The Labute approximate surface area is 177 Å². The van der Waals surface area contributed by atoms with E-state index in [0.29, 0.717) is 29.8 Å². The number of hydrogen-bond donors (Lipinski definition) is 1. The zero-order valence-electron chi connectivity index (χ0n) is 17.1. The summed E-state index contributed by atoms with van der Waals surface area (Å²) < 4.78 is 6.20. The van der Waals surface area contributed by atoms with Gasteiger partial charge in [0, 0.05) is 17.8 Å². The average Bonchev–Trinajstić information content (AvgIpc) is 2.73. The van der Waals surface area contributed by atoms with Crippen molar-refractivity contribution in [3.8, 4) is 5.75 Å². The second kappa shape index (κ2) is 9.44. The fourth-order valence-corrected chi connectivity index (χ4v) is 4.25. The number of nitrogens with zero attached hydrogens (tertiary/aromatic N) is 3. The predicted molar refractivity (Wildman–Crippen MR) is 117 cm³/mol. The molecule has 1 saturated carbocycles. The second-order valence-electron chi connectivity index (χ2n) is 8.14. The van der Waals surface area contributed by atoms with Crippen molar-refractivity contribution in [2.45, 2.75) is 51.0 Å². The second-order valence-corrected chi connectivity index (χ2v) is 8.50. The molecule has 1 atom stereocenters. The number of pyridine rings is 1. The lowest BCUT2D eigenvalue weighted by Gasteiger charge is -2.32. The maximum Gasteiger partial charge on any atom is 0.216 e. The zero-order chi connectivity index (χ0) is 20.9. The van der Waals surface area contributed by atoms with Gasteiger partial charge in [-0.2, -0.15) is 0 Å². The van der Waals surface area contributed by atoms with Gasteiger partial charge < -0.3 is 10.5 Å². The zero-order valence-corrected chi connectivity index (χ0v) is 17.9. The molecule has 0 spiro atoms. The lowest BCUT2D eigenvalue weighted by Crippen LogP contribution is -2.41. The van der Waals surface area contributed by atoms with Crippen molar-refractivity contribution >= 4 is 34.7 Å². The quantitative estimate of drug-likeness (QED) is 0.314. The highest BCUT2D eigenvalue weighted by atomic mass is 35.5. The van der Waals surface area contributed by atoms with Crippen molar-refractivity contribution in [3.05, 3.63) is 35.6 Å². The molecule has 2 N–H and O–H groups in total. The molecule has 1 amide bonds. The van der Waals surface area contributed by atoms with E-state index in [0.717, 1.165) is 17.2 Å². The van der Waals surface area contributed by atoms with Crippen molar-refractivity contribution in [3.63, 3.8) is 0 Å². The van der Waals surface area contributed by atoms with E-state index in [1.165, 1.54) is 37.0 Å². The molecule has 29 heavy (non-hydrogen) atoms. The van der Waals surface area contributed by atoms with E-state index in [2.05, 4.69) is 4.98 Å². The first-order valence-corrected chi connectivity index (χ1v) is 10.5. The molecule has 1 aliphatic rings. The number of carbonyl (C=O) groups excluding carboxylic acids is 1. The Hall–Kier alpha value is -2.34. The van der Waals surface area contributed by atoms with Gasteiger partial charge in [0.2, 0.25) is 6.41 Å². The topological polar surface area (TPSA) is 80.8 Å². The number of benzene rings is 1. The maximum absolute atomic E-state index is 11.1. The lowest BCUT2D eigenvalue weighted by atomic mass is 9.80. The number of carbonyl (C=O) groups is 1. The minimum Gasteiger partial charge on any atom is -0.489 e. The van der Waals surface area contributed by atoms with Gasteiger partial charge in [0.25, 0.3) is 0 Å². The number of guanidine groups is 1. The normalized spacial score (nSPS) is 17.7. The van der Waals surface area contributed by atoms with Gasteiger partial charge in [-0.25, -0.2) is 9.98 Å². The number of fused-ring (bicyclic) bond motifs is 1. The van der Waals surface area contributed by atoms with Gasteiger partial charge in [-0.3, -0.25) is 9.69 Å². The van der Waals surface area contributed by atoms with E-state index in [4.69, 9.17) is 27.1 Å². The van der Waals surface area contributed by atoms with Crippen LogP contribution in [0, 0.1) is 5.92 Å². The van der Waals surface area contributed by atoms with Crippen LogP contribution in [0.1, 0.15) is 45.4 Å². The Morgan fingerprint density at radius 2 is 2.03 bits per heavy atom. The molecule has 1 aromatic carbocycles. The molecular weight excluding hydrogens is 388 g/mol. The molecule has 2 aromatic rings. The highest BCUT2D eigenvalue weighted by Crippen LogP contribution is 2.34. The standard InChI is InChI=1S/C22H29ClN4O2/c1-22(26-21(24)27(2)15-28,12-16-8-4-3-5-9-16)14-29-19-13-25-20(23)18-11-7-6-10-17(18)19/h6-7,10-11,13,15-16H,3-5,8-9,12,14H2,1-2H3,(H2,24,26)/t22-/m0/s1. The Kier molecular flexibility index (Phi) is 6.96. The van der Waals surface area contributed by atoms with Crippen LogP contribution < -0.4 is 10.5 Å². The third-order valence-corrected chi connectivity index (χ3v) is 5.91. The van der Waals surface area contributed by atoms with Gasteiger partial charge >= 0.3 is 0 Å². The van der Waals surface area contributed by atoms with Gasteiger partial charge in [-0.15, -0.1) is 0 Å². The van der Waals surface area contributed by atoms with Crippen molar-refractivity contribution in [1.29, 1.82) is 0 Å². The number of halogens is 1. The third-order valence-electron chi connectivity index (χ3n) is 5.61. The number of hydrogen-bond acceptors (Lipinski definition) is 4. The van der Waals surface area contributed by atoms with E-state index in [-0.39, 0.29) is 5.96 Å². The summed E-state index contributed by atoms with van der Waals surface area (Å²) in [5.41, 5.74) is 5.51. The van der Waals surface area contributed by atoms with Crippen LogP contribution in [-0.4, -0.2) is 41.4 Å². The number of amides is 1. The summed E-state index contributed by atoms with van der Waals surface area (Å²) >= 11 is 6.22. The molecule has 0 unspecified atom stereocenters. The van der Waals surface area contributed by atoms with Crippen molar-refractivity contribution in [2.75, 3.05) is 13.7 Å². The number of rotatable bonds is 7. The van der Waals surface area contributed by atoms with E-state index in [1.54, 1.807) is 13.2 Å². The molecule has 0 aliphatic heterocycles. The van der Waals surface area contributed by atoms with E-state index < -0.39 is 5.54 Å². The van der Waals surface area contributed by atoms with E-state index in [1.807, 2.05) is 31.2 Å². The van der Waals surface area contributed by atoms with Gasteiger partial charge in [0.05, 0.1) is 11.7 Å². The molecule has 1 aliphatic carbocycles. The first-order chi connectivity index (χ1) is 13.9. The van der Waals surface area contributed by atoms with Gasteiger partial charge in [-0.05, 0) is 19.3 Å².